The van der Waals surface area contributed by atoms with Crippen molar-refractivity contribution in [2.75, 3.05) is 31.9 Å². The molecule has 0 spiro atoms. The third-order valence-corrected chi connectivity index (χ3v) is 8.26. The molecule has 12 nitrogen and oxygen atoms in total. The average Bonchev–Trinajstić information content (AvgIpc) is 3.40. The summed E-state index contributed by atoms with van der Waals surface area (Å²) in [5, 5.41) is 11.9. The number of anilines is 1. The number of nitrogens with one attached hydrogen (secondary N) is 4. The number of aromatic nitrogens is 3. The number of nitrogen functional groups attached to an aromatic ring is 1. The molecule has 1 aliphatic carbocycles. The Balaban J connectivity index is 1.20. The second-order valence-corrected chi connectivity index (χ2v) is 11.5. The van der Waals surface area contributed by atoms with Gasteiger partial charge in [0.1, 0.15) is 11.3 Å². The van der Waals surface area contributed by atoms with Gasteiger partial charge in [-0.05, 0) is 57.9 Å². The van der Waals surface area contributed by atoms with Gasteiger partial charge in [-0.1, -0.05) is 31.5 Å². The maximum atomic E-state index is 12.9. The van der Waals surface area contributed by atoms with Crippen LogP contribution in [0.1, 0.15) is 71.0 Å². The summed E-state index contributed by atoms with van der Waals surface area (Å²) in [5.41, 5.74) is 8.96. The number of unbranched alkanes of at least 4 members (excludes halogenated alkanes) is 2. The fraction of sp³-hybridized carbons (Fsp3) is 0.562. The molecule has 1 aliphatic rings. The molecule has 0 bridgehead atoms. The SMILES string of the molecule is CCCCc1nc2c(N)nc3ccccc3c2n1CCCCNC(=O)C1CCC(C(=O)NCC(=O)NCC(=O)NCC)CC1. The van der Waals surface area contributed by atoms with Gasteiger partial charge in [-0.3, -0.25) is 19.2 Å². The number of carbonyl (C=O) groups is 4. The lowest BCUT2D eigenvalue weighted by atomic mass is 9.81. The summed E-state index contributed by atoms with van der Waals surface area (Å²) in [6.45, 7) is 5.53. The van der Waals surface area contributed by atoms with E-state index in [9.17, 15) is 19.2 Å². The number of benzene rings is 1. The first kappa shape index (κ1) is 32.7. The number of fused-ring (bicyclic) bond motifs is 3. The van der Waals surface area contributed by atoms with Crippen molar-refractivity contribution in [2.45, 2.75) is 78.2 Å². The van der Waals surface area contributed by atoms with Gasteiger partial charge in [0.05, 0.1) is 24.1 Å². The van der Waals surface area contributed by atoms with Gasteiger partial charge in [0.25, 0.3) is 0 Å². The van der Waals surface area contributed by atoms with Crippen LogP contribution in [0.15, 0.2) is 24.3 Å². The van der Waals surface area contributed by atoms with Gasteiger partial charge in [0, 0.05) is 43.3 Å². The van der Waals surface area contributed by atoms with Gasteiger partial charge < -0.3 is 31.6 Å². The minimum atomic E-state index is -0.412. The van der Waals surface area contributed by atoms with Gasteiger partial charge >= 0.3 is 0 Å². The number of nitrogens with zero attached hydrogens (tertiary/aromatic N) is 3. The molecule has 44 heavy (non-hydrogen) atoms. The molecule has 12 heteroatoms. The minimum Gasteiger partial charge on any atom is -0.382 e. The zero-order valence-corrected chi connectivity index (χ0v) is 25.9. The van der Waals surface area contributed by atoms with E-state index < -0.39 is 5.91 Å². The predicted octanol–water partition coefficient (Wildman–Crippen LogP) is 2.58. The fourth-order valence-corrected chi connectivity index (χ4v) is 5.85. The molecule has 0 saturated heterocycles. The summed E-state index contributed by atoms with van der Waals surface area (Å²) < 4.78 is 2.28. The van der Waals surface area contributed by atoms with Crippen molar-refractivity contribution < 1.29 is 19.2 Å². The van der Waals surface area contributed by atoms with Gasteiger partial charge in [0.2, 0.25) is 23.6 Å². The van der Waals surface area contributed by atoms with E-state index in [1.54, 1.807) is 6.92 Å². The monoisotopic (exact) mass is 606 g/mol. The van der Waals surface area contributed by atoms with Crippen LogP contribution in [-0.4, -0.2) is 64.3 Å². The van der Waals surface area contributed by atoms with Crippen molar-refractivity contribution in [3.8, 4) is 0 Å². The van der Waals surface area contributed by atoms with E-state index in [-0.39, 0.29) is 42.6 Å². The maximum absolute atomic E-state index is 12.9. The van der Waals surface area contributed by atoms with Gasteiger partial charge in [-0.15, -0.1) is 0 Å². The van der Waals surface area contributed by atoms with Gasteiger partial charge in [-0.2, -0.15) is 0 Å². The molecule has 238 valence electrons. The number of nitrogens with two attached hydrogens (primary N) is 1. The highest BCUT2D eigenvalue weighted by Gasteiger charge is 2.30. The van der Waals surface area contributed by atoms with Crippen molar-refractivity contribution in [1.29, 1.82) is 0 Å². The number of aryl methyl sites for hydroxylation is 2. The summed E-state index contributed by atoms with van der Waals surface area (Å²) in [4.78, 5) is 58.2. The summed E-state index contributed by atoms with van der Waals surface area (Å²) in [7, 11) is 0. The topological polar surface area (TPSA) is 173 Å². The van der Waals surface area contributed by atoms with Crippen molar-refractivity contribution in [1.82, 2.24) is 35.8 Å². The van der Waals surface area contributed by atoms with E-state index in [0.717, 1.165) is 66.4 Å². The number of likely N-dealkylation sites (N-methyl/N-ethyl adjacent to an activating group) is 1. The molecule has 0 atom stereocenters. The fourth-order valence-electron chi connectivity index (χ4n) is 5.85. The van der Waals surface area contributed by atoms with Crippen LogP contribution in [0.5, 0.6) is 0 Å². The Morgan fingerprint density at radius 3 is 2.20 bits per heavy atom. The van der Waals surface area contributed by atoms with Crippen LogP contribution in [0.25, 0.3) is 21.9 Å². The minimum absolute atomic E-state index is 0.0372. The van der Waals surface area contributed by atoms with Crippen LogP contribution < -0.4 is 27.0 Å². The number of hydrogen-bond donors (Lipinski definition) is 5. The van der Waals surface area contributed by atoms with Crippen LogP contribution in [-0.2, 0) is 32.1 Å². The predicted molar refractivity (Wildman–Crippen MR) is 170 cm³/mol. The first-order chi connectivity index (χ1) is 21.3. The molecule has 0 unspecified atom stereocenters. The number of rotatable bonds is 15. The maximum Gasteiger partial charge on any atom is 0.239 e. The van der Waals surface area contributed by atoms with Crippen LogP contribution in [0.2, 0.25) is 0 Å². The van der Waals surface area contributed by atoms with Gasteiger partial charge in [0.15, 0.2) is 5.82 Å². The van der Waals surface area contributed by atoms with E-state index in [0.29, 0.717) is 44.6 Å². The zero-order chi connectivity index (χ0) is 31.5. The quantitative estimate of drug-likeness (QED) is 0.165. The molecule has 4 rings (SSSR count). The Morgan fingerprint density at radius 2 is 1.50 bits per heavy atom. The Labute approximate surface area is 258 Å². The smallest absolute Gasteiger partial charge is 0.239 e. The van der Waals surface area contributed by atoms with E-state index in [1.807, 2.05) is 18.2 Å². The standard InChI is InChI=1S/C32H46N8O4/c1-3-5-12-25-39-28-29(23-10-6-7-11-24(23)38-30(28)33)40(25)18-9-8-17-35-31(43)21-13-15-22(16-14-21)32(44)37-20-27(42)36-19-26(41)34-4-2/h6-7,10-11,21-22H,3-5,8-9,12-20H2,1-2H3,(H2,33,38)(H,34,41)(H,35,43)(H,36,42)(H,37,44). The number of carbonyl (C=O) groups excluding carboxylic acids is 4. The first-order valence-electron chi connectivity index (χ1n) is 15.9. The van der Waals surface area contributed by atoms with Crippen LogP contribution >= 0.6 is 0 Å². The molecule has 0 aliphatic heterocycles. The number of amides is 4. The lowest BCUT2D eigenvalue weighted by Gasteiger charge is -2.27. The first-order valence-corrected chi connectivity index (χ1v) is 15.9. The van der Waals surface area contributed by atoms with E-state index in [4.69, 9.17) is 10.7 Å². The van der Waals surface area contributed by atoms with Crippen LogP contribution in [0.3, 0.4) is 0 Å². The molecular weight excluding hydrogens is 560 g/mol. The summed E-state index contributed by atoms with van der Waals surface area (Å²) in [6.07, 6.45) is 7.19. The Morgan fingerprint density at radius 1 is 0.841 bits per heavy atom. The zero-order valence-electron chi connectivity index (χ0n) is 25.9. The lowest BCUT2D eigenvalue weighted by molar-refractivity contribution is -0.132. The second-order valence-electron chi connectivity index (χ2n) is 11.5. The molecule has 1 aromatic carbocycles. The third-order valence-electron chi connectivity index (χ3n) is 8.26. The number of pyridine rings is 1. The number of imidazole rings is 1. The van der Waals surface area contributed by atoms with E-state index in [1.165, 1.54) is 0 Å². The van der Waals surface area contributed by atoms with Crippen molar-refractivity contribution in [2.24, 2.45) is 11.8 Å². The Bertz CT molecular complexity index is 1460. The van der Waals surface area contributed by atoms with Crippen molar-refractivity contribution in [3.63, 3.8) is 0 Å². The summed E-state index contributed by atoms with van der Waals surface area (Å²) in [6, 6.07) is 8.01. The highest BCUT2D eigenvalue weighted by Crippen LogP contribution is 2.30. The van der Waals surface area contributed by atoms with Crippen molar-refractivity contribution in [3.05, 3.63) is 30.1 Å². The highest BCUT2D eigenvalue weighted by atomic mass is 16.2. The highest BCUT2D eigenvalue weighted by molar-refractivity contribution is 6.06. The average molecular weight is 607 g/mol. The largest absolute Gasteiger partial charge is 0.382 e. The molecular formula is C32H46N8O4. The molecule has 6 N–H and O–H groups in total. The van der Waals surface area contributed by atoms with Crippen LogP contribution in [0, 0.1) is 11.8 Å². The van der Waals surface area contributed by atoms with Gasteiger partial charge in [-0.25, -0.2) is 9.97 Å². The molecule has 1 saturated carbocycles. The van der Waals surface area contributed by atoms with E-state index >= 15 is 0 Å². The van der Waals surface area contributed by atoms with E-state index in [2.05, 4.69) is 43.8 Å². The Hall–Kier alpha value is -4.22. The number of hydrogen-bond acceptors (Lipinski definition) is 7. The molecule has 2 heterocycles. The van der Waals surface area contributed by atoms with Crippen molar-refractivity contribution >= 4 is 51.4 Å². The normalized spacial score (nSPS) is 16.5. The Kier molecular flexibility index (Phi) is 11.9. The van der Waals surface area contributed by atoms with Crippen LogP contribution in [0.4, 0.5) is 5.82 Å². The molecule has 4 amide bonds. The summed E-state index contributed by atoms with van der Waals surface area (Å²) >= 11 is 0. The molecule has 0 radical (unpaired) electrons. The molecule has 3 aromatic rings. The summed E-state index contributed by atoms with van der Waals surface area (Å²) in [5.74, 6) is 0.310. The number of para-hydroxylation sites is 1. The lowest BCUT2D eigenvalue weighted by Crippen LogP contribution is -2.44. The second kappa shape index (κ2) is 16.0. The third kappa shape index (κ3) is 8.45. The molecule has 2 aromatic heterocycles. The molecule has 1 fully saturated rings.